The molecule has 0 radical (unpaired) electrons. The minimum atomic E-state index is -1.65. The zero-order valence-electron chi connectivity index (χ0n) is 23.6. The van der Waals surface area contributed by atoms with E-state index in [0.29, 0.717) is 16.9 Å². The van der Waals surface area contributed by atoms with E-state index in [1.807, 2.05) is 95.3 Å². The second-order valence-electron chi connectivity index (χ2n) is 11.2. The molecule has 3 N–H and O–H groups in total. The van der Waals surface area contributed by atoms with Crippen LogP contribution in [0.2, 0.25) is 0 Å². The average molecular weight is 527 g/mol. The fraction of sp³-hybridized carbons (Fsp3) is 0.364. The zero-order chi connectivity index (χ0) is 28.5. The van der Waals surface area contributed by atoms with Crippen LogP contribution >= 0.6 is 0 Å². The molecule has 1 aliphatic rings. The number of Topliss-reactive ketones (excluding diaryl/α,β-unsaturated/α-hetero) is 1. The molecule has 0 aliphatic heterocycles. The van der Waals surface area contributed by atoms with Crippen LogP contribution in [0.5, 0.6) is 0 Å². The third-order valence-corrected chi connectivity index (χ3v) is 7.91. The molecule has 0 aromatic heterocycles. The van der Waals surface area contributed by atoms with E-state index in [4.69, 9.17) is 0 Å². The monoisotopic (exact) mass is 526 g/mol. The highest BCUT2D eigenvalue weighted by atomic mass is 16.3. The highest BCUT2D eigenvalue weighted by molar-refractivity contribution is 6.10. The number of ketones is 1. The zero-order valence-corrected chi connectivity index (χ0v) is 23.6. The van der Waals surface area contributed by atoms with Crippen LogP contribution < -0.4 is 10.6 Å². The van der Waals surface area contributed by atoms with Gasteiger partial charge in [0, 0.05) is 23.7 Å². The maximum absolute atomic E-state index is 14.0. The topological polar surface area (TPSA) is 95.5 Å². The lowest BCUT2D eigenvalue weighted by atomic mass is 9.61. The molecule has 4 atom stereocenters. The summed E-state index contributed by atoms with van der Waals surface area (Å²) in [6.45, 7) is 11.2. The summed E-state index contributed by atoms with van der Waals surface area (Å²) in [6.07, 6.45) is 0.529. The van der Waals surface area contributed by atoms with Gasteiger partial charge in [-0.25, -0.2) is 0 Å². The quantitative estimate of drug-likeness (QED) is 0.354. The third-order valence-electron chi connectivity index (χ3n) is 7.91. The number of aliphatic hydroxyl groups is 1. The van der Waals surface area contributed by atoms with Crippen molar-refractivity contribution in [3.05, 3.63) is 94.0 Å². The van der Waals surface area contributed by atoms with E-state index in [-0.39, 0.29) is 12.2 Å². The SMILES string of the molecule is CCc1ccc(C2C(C(=O)Nc3cc(C)ccc3C)C(=O)CC(C)(O)C2C(=O)Nc2cc(C)ccc2C)cc1. The number of hydrogen-bond donors (Lipinski definition) is 3. The number of carbonyl (C=O) groups excluding carboxylic acids is 3. The summed E-state index contributed by atoms with van der Waals surface area (Å²) in [6, 6.07) is 19.1. The Morgan fingerprint density at radius 2 is 1.36 bits per heavy atom. The summed E-state index contributed by atoms with van der Waals surface area (Å²) in [5, 5.41) is 17.5. The molecule has 3 aromatic rings. The van der Waals surface area contributed by atoms with Crippen LogP contribution in [0.4, 0.5) is 11.4 Å². The summed E-state index contributed by atoms with van der Waals surface area (Å²) in [7, 11) is 0. The fourth-order valence-electron chi connectivity index (χ4n) is 5.63. The maximum Gasteiger partial charge on any atom is 0.235 e. The van der Waals surface area contributed by atoms with Gasteiger partial charge in [0.25, 0.3) is 0 Å². The Morgan fingerprint density at radius 1 is 0.846 bits per heavy atom. The van der Waals surface area contributed by atoms with Crippen molar-refractivity contribution in [3.63, 3.8) is 0 Å². The maximum atomic E-state index is 14.0. The standard InChI is InChI=1S/C33H38N2O4/c1-7-23-12-14-24(15-13-23)28-29(31(37)34-25-16-19(2)8-10-21(25)4)27(36)18-33(6,39)30(28)32(38)35-26-17-20(3)9-11-22(26)5/h8-17,28-30,39H,7,18H2,1-6H3,(H,34,37)(H,35,38). The molecule has 6 nitrogen and oxygen atoms in total. The summed E-state index contributed by atoms with van der Waals surface area (Å²) in [5.41, 5.74) is 5.10. The molecule has 0 heterocycles. The number of carbonyl (C=O) groups is 3. The molecule has 4 rings (SSSR count). The molecule has 6 heteroatoms. The van der Waals surface area contributed by atoms with Crippen molar-refractivity contribution in [2.24, 2.45) is 11.8 Å². The minimum absolute atomic E-state index is 0.299. The smallest absolute Gasteiger partial charge is 0.235 e. The van der Waals surface area contributed by atoms with Crippen LogP contribution in [0.1, 0.15) is 59.6 Å². The first kappa shape index (κ1) is 28.2. The highest BCUT2D eigenvalue weighted by Crippen LogP contribution is 2.47. The molecule has 0 spiro atoms. The van der Waals surface area contributed by atoms with Gasteiger partial charge in [0.15, 0.2) is 0 Å². The molecular weight excluding hydrogens is 488 g/mol. The van der Waals surface area contributed by atoms with Gasteiger partial charge in [-0.05, 0) is 86.6 Å². The van der Waals surface area contributed by atoms with Crippen molar-refractivity contribution < 1.29 is 19.5 Å². The molecule has 4 unspecified atom stereocenters. The molecule has 2 amide bonds. The number of anilines is 2. The molecule has 3 aromatic carbocycles. The van der Waals surface area contributed by atoms with Gasteiger partial charge in [0.05, 0.1) is 11.5 Å². The van der Waals surface area contributed by atoms with Crippen molar-refractivity contribution in [1.82, 2.24) is 0 Å². The Balaban J connectivity index is 1.80. The van der Waals surface area contributed by atoms with Gasteiger partial charge < -0.3 is 15.7 Å². The number of rotatable bonds is 6. The van der Waals surface area contributed by atoms with Crippen molar-refractivity contribution >= 4 is 29.0 Å². The van der Waals surface area contributed by atoms with E-state index < -0.39 is 35.2 Å². The fourth-order valence-corrected chi connectivity index (χ4v) is 5.63. The lowest BCUT2D eigenvalue weighted by Gasteiger charge is -2.44. The van der Waals surface area contributed by atoms with Gasteiger partial charge in [0.2, 0.25) is 11.8 Å². The molecular formula is C33H38N2O4. The third kappa shape index (κ3) is 5.96. The average Bonchev–Trinajstić information content (AvgIpc) is 2.87. The van der Waals surface area contributed by atoms with E-state index >= 15 is 0 Å². The molecule has 1 saturated carbocycles. The summed E-state index contributed by atoms with van der Waals surface area (Å²) in [4.78, 5) is 41.4. The van der Waals surface area contributed by atoms with Crippen LogP contribution in [0.15, 0.2) is 60.7 Å². The van der Waals surface area contributed by atoms with Crippen LogP contribution in [0.3, 0.4) is 0 Å². The van der Waals surface area contributed by atoms with E-state index in [9.17, 15) is 19.5 Å². The molecule has 39 heavy (non-hydrogen) atoms. The summed E-state index contributed by atoms with van der Waals surface area (Å²) >= 11 is 0. The van der Waals surface area contributed by atoms with Crippen LogP contribution in [-0.4, -0.2) is 28.3 Å². The lowest BCUT2D eigenvalue weighted by molar-refractivity contribution is -0.150. The highest BCUT2D eigenvalue weighted by Gasteiger charge is 2.56. The van der Waals surface area contributed by atoms with Gasteiger partial charge in [0.1, 0.15) is 11.7 Å². The first-order valence-electron chi connectivity index (χ1n) is 13.5. The molecule has 204 valence electrons. The molecule has 1 aliphatic carbocycles. The largest absolute Gasteiger partial charge is 0.389 e. The van der Waals surface area contributed by atoms with Gasteiger partial charge >= 0.3 is 0 Å². The number of hydrogen-bond acceptors (Lipinski definition) is 4. The first-order chi connectivity index (χ1) is 18.4. The predicted octanol–water partition coefficient (Wildman–Crippen LogP) is 5.80. The Labute approximate surface area is 230 Å². The molecule has 0 saturated heterocycles. The number of nitrogens with one attached hydrogen (secondary N) is 2. The van der Waals surface area contributed by atoms with Crippen molar-refractivity contribution in [2.75, 3.05) is 10.6 Å². The molecule has 1 fully saturated rings. The van der Waals surface area contributed by atoms with E-state index in [1.165, 1.54) is 6.92 Å². The van der Waals surface area contributed by atoms with E-state index in [2.05, 4.69) is 10.6 Å². The van der Waals surface area contributed by atoms with Gasteiger partial charge in [-0.3, -0.25) is 14.4 Å². The predicted molar refractivity (Wildman–Crippen MR) is 155 cm³/mol. The Hall–Kier alpha value is -3.77. The van der Waals surface area contributed by atoms with Crippen molar-refractivity contribution in [1.29, 1.82) is 0 Å². The Bertz CT molecular complexity index is 1410. The number of benzene rings is 3. The first-order valence-corrected chi connectivity index (χ1v) is 13.5. The number of aryl methyl sites for hydroxylation is 5. The van der Waals surface area contributed by atoms with Gasteiger partial charge in [-0.1, -0.05) is 55.5 Å². The lowest BCUT2D eigenvalue weighted by Crippen LogP contribution is -2.56. The summed E-state index contributed by atoms with van der Waals surface area (Å²) in [5.74, 6) is -4.33. The normalized spacial score (nSPS) is 22.8. The van der Waals surface area contributed by atoms with E-state index in [1.54, 1.807) is 0 Å². The van der Waals surface area contributed by atoms with Crippen LogP contribution in [-0.2, 0) is 20.8 Å². The van der Waals surface area contributed by atoms with Crippen molar-refractivity contribution in [3.8, 4) is 0 Å². The second-order valence-corrected chi connectivity index (χ2v) is 11.2. The van der Waals surface area contributed by atoms with Gasteiger partial charge in [-0.2, -0.15) is 0 Å². The van der Waals surface area contributed by atoms with E-state index in [0.717, 1.165) is 34.2 Å². The Morgan fingerprint density at radius 3 is 1.87 bits per heavy atom. The minimum Gasteiger partial charge on any atom is -0.389 e. The van der Waals surface area contributed by atoms with Crippen LogP contribution in [0.25, 0.3) is 0 Å². The molecule has 0 bridgehead atoms. The summed E-state index contributed by atoms with van der Waals surface area (Å²) < 4.78 is 0. The van der Waals surface area contributed by atoms with Crippen LogP contribution in [0, 0.1) is 39.5 Å². The Kier molecular flexibility index (Phi) is 8.07. The second kappa shape index (κ2) is 11.1. The number of amides is 2. The van der Waals surface area contributed by atoms with Crippen molar-refractivity contribution in [2.45, 2.75) is 65.9 Å². The van der Waals surface area contributed by atoms with Gasteiger partial charge in [-0.15, -0.1) is 0 Å².